The van der Waals surface area contributed by atoms with E-state index < -0.39 is 0 Å². The molecule has 3 heteroatoms. The van der Waals surface area contributed by atoms with Crippen LogP contribution in [0.25, 0.3) is 0 Å². The smallest absolute Gasteiger partial charge is 0.0552 e. The summed E-state index contributed by atoms with van der Waals surface area (Å²) < 4.78 is 0. The van der Waals surface area contributed by atoms with Crippen LogP contribution in [0.3, 0.4) is 0 Å². The summed E-state index contributed by atoms with van der Waals surface area (Å²) in [5.74, 6) is 0. The van der Waals surface area contributed by atoms with Crippen LogP contribution in [0.2, 0.25) is 0 Å². The molecule has 0 fully saturated rings. The molecule has 0 unspecified atom stereocenters. The van der Waals surface area contributed by atoms with E-state index in [4.69, 9.17) is 0 Å². The molecule has 0 N–H and O–H groups in total. The van der Waals surface area contributed by atoms with Crippen molar-refractivity contribution in [2.45, 2.75) is 19.9 Å². The largest absolute Gasteiger partial charge is 0.284 e. The van der Waals surface area contributed by atoms with Crippen LogP contribution in [0, 0.1) is 0 Å². The van der Waals surface area contributed by atoms with Gasteiger partial charge in [0.1, 0.15) is 0 Å². The molecule has 0 saturated heterocycles. The van der Waals surface area contributed by atoms with Gasteiger partial charge in [-0.1, -0.05) is 0 Å². The van der Waals surface area contributed by atoms with E-state index in [-0.39, 0.29) is 0 Å². The standard InChI is InChI=1S/C6H13NS2/c1-6(2)7-4-9-5-8-3/h4,6H,5H2,1-3H3/b7-4-. The fourth-order valence-corrected chi connectivity index (χ4v) is 1.38. The molecule has 0 aliphatic rings. The zero-order chi connectivity index (χ0) is 7.11. The fraction of sp³-hybridized carbons (Fsp3) is 0.833. The molecular weight excluding hydrogens is 150 g/mol. The molecule has 0 bridgehead atoms. The normalized spacial score (nSPS) is 11.6. The molecule has 0 heterocycles. The van der Waals surface area contributed by atoms with Crippen LogP contribution in [0.5, 0.6) is 0 Å². The Hall–Kier alpha value is 0.370. The number of thioether (sulfide) groups is 2. The van der Waals surface area contributed by atoms with Crippen molar-refractivity contribution in [1.29, 1.82) is 0 Å². The summed E-state index contributed by atoms with van der Waals surface area (Å²) >= 11 is 3.58. The third-order valence-electron chi connectivity index (χ3n) is 0.619. The molecule has 0 aromatic rings. The molecule has 0 radical (unpaired) electrons. The lowest BCUT2D eigenvalue weighted by Gasteiger charge is -1.92. The van der Waals surface area contributed by atoms with E-state index in [9.17, 15) is 0 Å². The third-order valence-corrected chi connectivity index (χ3v) is 2.38. The Morgan fingerprint density at radius 1 is 1.56 bits per heavy atom. The van der Waals surface area contributed by atoms with Crippen molar-refractivity contribution < 1.29 is 0 Å². The minimum absolute atomic E-state index is 0.444. The Morgan fingerprint density at radius 2 is 2.22 bits per heavy atom. The van der Waals surface area contributed by atoms with Crippen LogP contribution >= 0.6 is 23.5 Å². The van der Waals surface area contributed by atoms with Gasteiger partial charge < -0.3 is 0 Å². The third kappa shape index (κ3) is 8.37. The lowest BCUT2D eigenvalue weighted by molar-refractivity contribution is 0.843. The quantitative estimate of drug-likeness (QED) is 0.273. The minimum atomic E-state index is 0.444. The summed E-state index contributed by atoms with van der Waals surface area (Å²) in [6.45, 7) is 4.16. The van der Waals surface area contributed by atoms with Crippen LogP contribution < -0.4 is 0 Å². The molecule has 0 aliphatic carbocycles. The van der Waals surface area contributed by atoms with Gasteiger partial charge in [-0.15, -0.1) is 11.8 Å². The zero-order valence-electron chi connectivity index (χ0n) is 6.13. The Labute approximate surface area is 65.7 Å². The van der Waals surface area contributed by atoms with Crippen molar-refractivity contribution in [3.63, 3.8) is 0 Å². The maximum Gasteiger partial charge on any atom is 0.0552 e. The lowest BCUT2D eigenvalue weighted by atomic mass is 10.4. The second-order valence-corrected chi connectivity index (χ2v) is 3.99. The Bertz CT molecular complexity index is 81.1. The Morgan fingerprint density at radius 3 is 2.67 bits per heavy atom. The average molecular weight is 163 g/mol. The molecular formula is C6H13NS2. The number of aliphatic imine (C=N–C) groups is 1. The van der Waals surface area contributed by atoms with E-state index in [1.807, 2.05) is 17.3 Å². The van der Waals surface area contributed by atoms with Gasteiger partial charge in [-0.3, -0.25) is 4.99 Å². The SMILES string of the molecule is CSCS/C=N\C(C)C. The van der Waals surface area contributed by atoms with Gasteiger partial charge in [0.25, 0.3) is 0 Å². The van der Waals surface area contributed by atoms with Crippen molar-refractivity contribution in [2.75, 3.05) is 11.3 Å². The molecule has 54 valence electrons. The first kappa shape index (κ1) is 9.37. The van der Waals surface area contributed by atoms with Gasteiger partial charge >= 0.3 is 0 Å². The Kier molecular flexibility index (Phi) is 6.76. The van der Waals surface area contributed by atoms with Gasteiger partial charge in [0.15, 0.2) is 0 Å². The number of nitrogens with zero attached hydrogens (tertiary/aromatic N) is 1. The van der Waals surface area contributed by atoms with E-state index in [2.05, 4.69) is 25.1 Å². The molecule has 0 saturated carbocycles. The van der Waals surface area contributed by atoms with Gasteiger partial charge in [-0.25, -0.2) is 0 Å². The highest BCUT2D eigenvalue weighted by molar-refractivity contribution is 8.22. The van der Waals surface area contributed by atoms with Crippen LogP contribution in [0.15, 0.2) is 4.99 Å². The highest BCUT2D eigenvalue weighted by Gasteiger charge is 1.82. The van der Waals surface area contributed by atoms with E-state index in [1.165, 1.54) is 0 Å². The van der Waals surface area contributed by atoms with E-state index >= 15 is 0 Å². The molecule has 9 heavy (non-hydrogen) atoms. The molecule has 0 amide bonds. The lowest BCUT2D eigenvalue weighted by Crippen LogP contribution is -1.86. The second kappa shape index (κ2) is 6.49. The summed E-state index contributed by atoms with van der Waals surface area (Å²) in [4.78, 5) is 4.19. The van der Waals surface area contributed by atoms with Gasteiger partial charge in [-0.05, 0) is 20.1 Å². The average Bonchev–Trinajstić information content (AvgIpc) is 1.80. The van der Waals surface area contributed by atoms with Crippen LogP contribution in [0.1, 0.15) is 13.8 Å². The molecule has 0 rings (SSSR count). The van der Waals surface area contributed by atoms with Crippen molar-refractivity contribution in [3.05, 3.63) is 0 Å². The topological polar surface area (TPSA) is 12.4 Å². The van der Waals surface area contributed by atoms with Crippen molar-refractivity contribution in [1.82, 2.24) is 0 Å². The summed E-state index contributed by atoms with van der Waals surface area (Å²) in [7, 11) is 0. The summed E-state index contributed by atoms with van der Waals surface area (Å²) in [6, 6.07) is 0.444. The molecule has 0 aromatic heterocycles. The Balaban J connectivity index is 3.04. The zero-order valence-corrected chi connectivity index (χ0v) is 7.76. The highest BCUT2D eigenvalue weighted by atomic mass is 32.2. The highest BCUT2D eigenvalue weighted by Crippen LogP contribution is 2.04. The maximum atomic E-state index is 4.19. The molecule has 0 aromatic carbocycles. The number of rotatable bonds is 4. The second-order valence-electron chi connectivity index (χ2n) is 1.92. The van der Waals surface area contributed by atoms with E-state index in [1.54, 1.807) is 11.8 Å². The van der Waals surface area contributed by atoms with Crippen LogP contribution in [0.4, 0.5) is 0 Å². The van der Waals surface area contributed by atoms with Gasteiger partial charge in [0.05, 0.1) is 5.55 Å². The fourth-order valence-electron chi connectivity index (χ4n) is 0.263. The first-order valence-corrected chi connectivity index (χ1v) is 5.34. The van der Waals surface area contributed by atoms with Gasteiger partial charge in [0, 0.05) is 11.1 Å². The maximum absolute atomic E-state index is 4.19. The molecule has 1 nitrogen and oxygen atoms in total. The van der Waals surface area contributed by atoms with E-state index in [0.29, 0.717) is 6.04 Å². The predicted octanol–water partition coefficient (Wildman–Crippen LogP) is 2.48. The van der Waals surface area contributed by atoms with Crippen molar-refractivity contribution in [2.24, 2.45) is 4.99 Å². The monoisotopic (exact) mass is 163 g/mol. The molecule has 0 aliphatic heterocycles. The summed E-state index contributed by atoms with van der Waals surface area (Å²) in [5.41, 5.74) is 1.93. The predicted molar refractivity (Wildman–Crippen MR) is 49.6 cm³/mol. The van der Waals surface area contributed by atoms with Crippen molar-refractivity contribution in [3.8, 4) is 0 Å². The molecule has 0 spiro atoms. The van der Waals surface area contributed by atoms with Crippen molar-refractivity contribution >= 4 is 29.1 Å². The van der Waals surface area contributed by atoms with Crippen LogP contribution in [-0.4, -0.2) is 22.9 Å². The summed E-state index contributed by atoms with van der Waals surface area (Å²) in [6.07, 6.45) is 2.09. The molecule has 0 atom stereocenters. The van der Waals surface area contributed by atoms with Crippen LogP contribution in [-0.2, 0) is 0 Å². The first-order valence-electron chi connectivity index (χ1n) is 2.89. The number of hydrogen-bond acceptors (Lipinski definition) is 3. The summed E-state index contributed by atoms with van der Waals surface area (Å²) in [5, 5.41) is 1.11. The van der Waals surface area contributed by atoms with Gasteiger partial charge in [0.2, 0.25) is 0 Å². The first-order chi connectivity index (χ1) is 4.27. The van der Waals surface area contributed by atoms with Gasteiger partial charge in [-0.2, -0.15) is 11.8 Å². The van der Waals surface area contributed by atoms with E-state index in [0.717, 1.165) is 5.08 Å². The number of hydrogen-bond donors (Lipinski definition) is 0. The minimum Gasteiger partial charge on any atom is -0.284 e.